The molecule has 0 atom stereocenters. The standard InChI is InChI=1S/C15H27NO2Si/c1-13-8-9-16-14(12-13)17-10-7-11-18-19(5,6)15(2,3)4/h8-9,12H,7,10-11H2,1-6H3. The van der Waals surface area contributed by atoms with Crippen LogP contribution in [0.2, 0.25) is 18.1 Å². The Balaban J connectivity index is 2.25. The number of nitrogens with zero attached hydrogens (tertiary/aromatic N) is 1. The Kier molecular flexibility index (Phi) is 5.56. The topological polar surface area (TPSA) is 31.4 Å². The highest BCUT2D eigenvalue weighted by Gasteiger charge is 2.36. The van der Waals surface area contributed by atoms with Crippen LogP contribution in [0.15, 0.2) is 18.3 Å². The van der Waals surface area contributed by atoms with Crippen molar-refractivity contribution in [1.29, 1.82) is 0 Å². The lowest BCUT2D eigenvalue weighted by atomic mass is 10.2. The zero-order valence-electron chi connectivity index (χ0n) is 13.1. The maximum atomic E-state index is 6.09. The maximum Gasteiger partial charge on any atom is 0.213 e. The Labute approximate surface area is 118 Å². The Morgan fingerprint density at radius 1 is 1.21 bits per heavy atom. The third kappa shape index (κ3) is 5.33. The lowest BCUT2D eigenvalue weighted by Gasteiger charge is -2.36. The van der Waals surface area contributed by atoms with Crippen LogP contribution >= 0.6 is 0 Å². The fraction of sp³-hybridized carbons (Fsp3) is 0.667. The zero-order chi connectivity index (χ0) is 14.5. The normalized spacial score (nSPS) is 12.5. The molecule has 0 aliphatic heterocycles. The molecule has 108 valence electrons. The highest BCUT2D eigenvalue weighted by Crippen LogP contribution is 2.36. The van der Waals surface area contributed by atoms with Gasteiger partial charge in [-0.2, -0.15) is 0 Å². The monoisotopic (exact) mass is 281 g/mol. The average molecular weight is 281 g/mol. The van der Waals surface area contributed by atoms with Gasteiger partial charge in [0.05, 0.1) is 6.61 Å². The molecule has 0 aromatic carbocycles. The van der Waals surface area contributed by atoms with E-state index in [9.17, 15) is 0 Å². The highest BCUT2D eigenvalue weighted by atomic mass is 28.4. The quantitative estimate of drug-likeness (QED) is 0.579. The van der Waals surface area contributed by atoms with Gasteiger partial charge < -0.3 is 9.16 Å². The molecule has 0 saturated carbocycles. The van der Waals surface area contributed by atoms with E-state index >= 15 is 0 Å². The van der Waals surface area contributed by atoms with Crippen molar-refractivity contribution in [3.63, 3.8) is 0 Å². The number of hydrogen-bond donors (Lipinski definition) is 0. The summed E-state index contributed by atoms with van der Waals surface area (Å²) in [6.45, 7) is 14.8. The van der Waals surface area contributed by atoms with Crippen molar-refractivity contribution < 1.29 is 9.16 Å². The molecular formula is C15H27NO2Si. The number of aromatic nitrogens is 1. The molecule has 0 saturated heterocycles. The van der Waals surface area contributed by atoms with Gasteiger partial charge in [0.1, 0.15) is 0 Å². The van der Waals surface area contributed by atoms with E-state index in [0.717, 1.165) is 13.0 Å². The second-order valence-corrected chi connectivity index (χ2v) is 11.3. The van der Waals surface area contributed by atoms with Crippen LogP contribution in [-0.4, -0.2) is 26.5 Å². The van der Waals surface area contributed by atoms with E-state index in [4.69, 9.17) is 9.16 Å². The molecule has 1 aromatic heterocycles. The molecule has 0 spiro atoms. The van der Waals surface area contributed by atoms with Gasteiger partial charge in [-0.25, -0.2) is 4.98 Å². The van der Waals surface area contributed by atoms with Gasteiger partial charge in [-0.1, -0.05) is 20.8 Å². The predicted molar refractivity (Wildman–Crippen MR) is 82.2 cm³/mol. The van der Waals surface area contributed by atoms with Gasteiger partial charge in [-0.05, 0) is 36.7 Å². The van der Waals surface area contributed by atoms with Gasteiger partial charge in [0.2, 0.25) is 5.88 Å². The van der Waals surface area contributed by atoms with E-state index in [1.165, 1.54) is 5.56 Å². The first-order chi connectivity index (χ1) is 8.72. The van der Waals surface area contributed by atoms with Crippen molar-refractivity contribution in [2.75, 3.05) is 13.2 Å². The molecule has 1 rings (SSSR count). The van der Waals surface area contributed by atoms with Gasteiger partial charge in [0.25, 0.3) is 0 Å². The molecule has 0 N–H and O–H groups in total. The van der Waals surface area contributed by atoms with Crippen molar-refractivity contribution in [3.8, 4) is 5.88 Å². The van der Waals surface area contributed by atoms with E-state index in [1.54, 1.807) is 6.20 Å². The van der Waals surface area contributed by atoms with Gasteiger partial charge in [-0.15, -0.1) is 0 Å². The molecule has 0 aliphatic rings. The summed E-state index contributed by atoms with van der Waals surface area (Å²) in [4.78, 5) is 4.17. The lowest BCUT2D eigenvalue weighted by molar-refractivity contribution is 0.229. The number of aryl methyl sites for hydroxylation is 1. The third-order valence-electron chi connectivity index (χ3n) is 3.70. The Bertz CT molecular complexity index is 399. The van der Waals surface area contributed by atoms with Crippen molar-refractivity contribution in [1.82, 2.24) is 4.98 Å². The van der Waals surface area contributed by atoms with Crippen LogP contribution in [0, 0.1) is 6.92 Å². The highest BCUT2D eigenvalue weighted by molar-refractivity contribution is 6.74. The van der Waals surface area contributed by atoms with Crippen LogP contribution in [-0.2, 0) is 4.43 Å². The van der Waals surface area contributed by atoms with Crippen LogP contribution in [0.5, 0.6) is 5.88 Å². The minimum absolute atomic E-state index is 0.270. The Hall–Kier alpha value is -0.873. The zero-order valence-corrected chi connectivity index (χ0v) is 14.1. The van der Waals surface area contributed by atoms with Crippen LogP contribution in [0.25, 0.3) is 0 Å². The van der Waals surface area contributed by atoms with E-state index in [1.807, 2.05) is 19.1 Å². The fourth-order valence-corrected chi connectivity index (χ4v) is 2.45. The Morgan fingerprint density at radius 2 is 1.89 bits per heavy atom. The second kappa shape index (κ2) is 6.53. The van der Waals surface area contributed by atoms with Gasteiger partial charge >= 0.3 is 0 Å². The summed E-state index contributed by atoms with van der Waals surface area (Å²) < 4.78 is 11.7. The summed E-state index contributed by atoms with van der Waals surface area (Å²) in [5, 5.41) is 0.270. The Morgan fingerprint density at radius 3 is 2.47 bits per heavy atom. The lowest BCUT2D eigenvalue weighted by Crippen LogP contribution is -2.41. The van der Waals surface area contributed by atoms with E-state index < -0.39 is 8.32 Å². The molecule has 0 fully saturated rings. The van der Waals surface area contributed by atoms with E-state index in [-0.39, 0.29) is 5.04 Å². The minimum atomic E-state index is -1.61. The van der Waals surface area contributed by atoms with Gasteiger partial charge in [0, 0.05) is 25.3 Å². The summed E-state index contributed by atoms with van der Waals surface area (Å²) in [6.07, 6.45) is 2.68. The first kappa shape index (κ1) is 16.2. The maximum absolute atomic E-state index is 6.09. The fourth-order valence-electron chi connectivity index (χ4n) is 1.37. The van der Waals surface area contributed by atoms with E-state index in [0.29, 0.717) is 12.5 Å². The van der Waals surface area contributed by atoms with Gasteiger partial charge in [-0.3, -0.25) is 0 Å². The van der Waals surface area contributed by atoms with E-state index in [2.05, 4.69) is 38.8 Å². The summed E-state index contributed by atoms with van der Waals surface area (Å²) in [6, 6.07) is 3.92. The number of rotatable bonds is 6. The van der Waals surface area contributed by atoms with Crippen LogP contribution in [0.4, 0.5) is 0 Å². The molecule has 4 heteroatoms. The molecular weight excluding hydrogens is 254 g/mol. The second-order valence-electron chi connectivity index (χ2n) is 6.48. The average Bonchev–Trinajstić information content (AvgIpc) is 2.27. The first-order valence-corrected chi connectivity index (χ1v) is 9.83. The predicted octanol–water partition coefficient (Wildman–Crippen LogP) is 4.18. The molecule has 0 amide bonds. The first-order valence-electron chi connectivity index (χ1n) is 6.92. The van der Waals surface area contributed by atoms with Crippen molar-refractivity contribution >= 4 is 8.32 Å². The molecule has 19 heavy (non-hydrogen) atoms. The largest absolute Gasteiger partial charge is 0.478 e. The minimum Gasteiger partial charge on any atom is -0.478 e. The molecule has 3 nitrogen and oxygen atoms in total. The smallest absolute Gasteiger partial charge is 0.213 e. The number of pyridine rings is 1. The third-order valence-corrected chi connectivity index (χ3v) is 8.24. The molecule has 0 bridgehead atoms. The molecule has 0 aliphatic carbocycles. The van der Waals surface area contributed by atoms with Crippen molar-refractivity contribution in [2.24, 2.45) is 0 Å². The number of hydrogen-bond acceptors (Lipinski definition) is 3. The summed E-state index contributed by atoms with van der Waals surface area (Å²) in [7, 11) is -1.61. The van der Waals surface area contributed by atoms with Gasteiger partial charge in [0.15, 0.2) is 8.32 Å². The molecule has 0 radical (unpaired) electrons. The SMILES string of the molecule is Cc1ccnc(OCCCO[Si](C)(C)C(C)(C)C)c1. The van der Waals surface area contributed by atoms with Crippen LogP contribution in [0.3, 0.4) is 0 Å². The van der Waals surface area contributed by atoms with Crippen LogP contribution < -0.4 is 4.74 Å². The van der Waals surface area contributed by atoms with Crippen molar-refractivity contribution in [2.45, 2.75) is 52.2 Å². The van der Waals surface area contributed by atoms with Crippen LogP contribution in [0.1, 0.15) is 32.8 Å². The molecule has 1 heterocycles. The molecule has 1 aromatic rings. The number of ether oxygens (including phenoxy) is 1. The molecule has 0 unspecified atom stereocenters. The summed E-state index contributed by atoms with van der Waals surface area (Å²) in [5.74, 6) is 0.701. The summed E-state index contributed by atoms with van der Waals surface area (Å²) in [5.41, 5.74) is 1.17. The summed E-state index contributed by atoms with van der Waals surface area (Å²) >= 11 is 0. The van der Waals surface area contributed by atoms with Crippen molar-refractivity contribution in [3.05, 3.63) is 23.9 Å².